The Kier molecular flexibility index (Phi) is 4.03. The first-order valence-electron chi connectivity index (χ1n) is 7.69. The molecule has 22 heavy (non-hydrogen) atoms. The average molecular weight is 298 g/mol. The average Bonchev–Trinajstić information content (AvgIpc) is 3.03. The second-order valence-electron chi connectivity index (χ2n) is 6.36. The number of carbonyl (C=O) groups excluding carboxylic acids is 1. The summed E-state index contributed by atoms with van der Waals surface area (Å²) in [5.41, 5.74) is 6.94. The monoisotopic (exact) mass is 298 g/mol. The van der Waals surface area contributed by atoms with Crippen molar-refractivity contribution in [2.24, 2.45) is 11.7 Å². The van der Waals surface area contributed by atoms with Gasteiger partial charge < -0.3 is 10.2 Å². The van der Waals surface area contributed by atoms with Gasteiger partial charge in [0.25, 0.3) is 0 Å². The zero-order valence-electron chi connectivity index (χ0n) is 13.1. The largest absolute Gasteiger partial charge is 0.464 e. The number of benzene rings is 1. The fourth-order valence-electron chi connectivity index (χ4n) is 2.81. The minimum atomic E-state index is -0.391. The van der Waals surface area contributed by atoms with E-state index in [1.807, 2.05) is 12.1 Å². The van der Waals surface area contributed by atoms with E-state index in [0.717, 1.165) is 36.1 Å². The van der Waals surface area contributed by atoms with Crippen molar-refractivity contribution in [1.29, 1.82) is 0 Å². The number of amides is 1. The molecular formula is C18H22N2O2. The molecule has 1 saturated carbocycles. The van der Waals surface area contributed by atoms with Crippen molar-refractivity contribution in [1.82, 2.24) is 4.90 Å². The fraction of sp³-hybridized carbons (Fsp3) is 0.389. The lowest BCUT2D eigenvalue weighted by Gasteiger charge is -2.15. The lowest BCUT2D eigenvalue weighted by Crippen LogP contribution is -2.17. The molecule has 0 aliphatic heterocycles. The van der Waals surface area contributed by atoms with Gasteiger partial charge in [-0.2, -0.15) is 0 Å². The van der Waals surface area contributed by atoms with Crippen molar-refractivity contribution in [2.75, 3.05) is 7.05 Å². The van der Waals surface area contributed by atoms with E-state index in [4.69, 9.17) is 10.2 Å². The summed E-state index contributed by atoms with van der Waals surface area (Å²) in [5.74, 6) is 3.13. The highest BCUT2D eigenvalue weighted by Gasteiger charge is 2.36. The summed E-state index contributed by atoms with van der Waals surface area (Å²) in [7, 11) is 2.06. The summed E-state index contributed by atoms with van der Waals surface area (Å²) in [5, 5.41) is 0. The standard InChI is InChI=1S/C18H22N2O2/c1-12-9-16(12)17-8-7-15(22-17)11-20(2)10-13-3-5-14(6-4-13)18(19)21/h3-8,12,16H,9-11H2,1-2H3,(H2,19,21)/t12-,16-/m1/s1. The highest BCUT2D eigenvalue weighted by atomic mass is 16.3. The molecule has 2 aromatic rings. The number of hydrogen-bond acceptors (Lipinski definition) is 3. The van der Waals surface area contributed by atoms with Crippen LogP contribution < -0.4 is 5.73 Å². The molecule has 0 spiro atoms. The van der Waals surface area contributed by atoms with Gasteiger partial charge in [-0.3, -0.25) is 9.69 Å². The van der Waals surface area contributed by atoms with Gasteiger partial charge in [-0.05, 0) is 49.2 Å². The topological polar surface area (TPSA) is 59.5 Å². The first kappa shape index (κ1) is 14.9. The second-order valence-corrected chi connectivity index (χ2v) is 6.36. The van der Waals surface area contributed by atoms with Crippen LogP contribution in [0.25, 0.3) is 0 Å². The first-order chi connectivity index (χ1) is 10.5. The van der Waals surface area contributed by atoms with E-state index in [9.17, 15) is 4.79 Å². The van der Waals surface area contributed by atoms with Crippen LogP contribution in [-0.4, -0.2) is 17.9 Å². The zero-order valence-corrected chi connectivity index (χ0v) is 13.1. The van der Waals surface area contributed by atoms with Gasteiger partial charge in [0, 0.05) is 18.0 Å². The van der Waals surface area contributed by atoms with E-state index in [1.54, 1.807) is 12.1 Å². The minimum Gasteiger partial charge on any atom is -0.464 e. The summed E-state index contributed by atoms with van der Waals surface area (Å²) < 4.78 is 5.93. The molecule has 116 valence electrons. The molecular weight excluding hydrogens is 276 g/mol. The highest BCUT2D eigenvalue weighted by molar-refractivity contribution is 5.92. The van der Waals surface area contributed by atoms with Crippen molar-refractivity contribution >= 4 is 5.91 Å². The number of nitrogens with zero attached hydrogens (tertiary/aromatic N) is 1. The molecule has 1 aliphatic rings. The predicted octanol–water partition coefficient (Wildman–Crippen LogP) is 3.13. The van der Waals surface area contributed by atoms with Gasteiger partial charge in [0.2, 0.25) is 5.91 Å². The van der Waals surface area contributed by atoms with Crippen molar-refractivity contribution in [3.8, 4) is 0 Å². The smallest absolute Gasteiger partial charge is 0.248 e. The third-order valence-corrected chi connectivity index (χ3v) is 4.27. The Morgan fingerprint density at radius 2 is 1.91 bits per heavy atom. The van der Waals surface area contributed by atoms with Crippen LogP contribution in [0, 0.1) is 5.92 Å². The first-order valence-corrected chi connectivity index (χ1v) is 7.69. The van der Waals surface area contributed by atoms with Crippen molar-refractivity contribution < 1.29 is 9.21 Å². The molecule has 1 aliphatic carbocycles. The molecule has 4 heteroatoms. The Bertz CT molecular complexity index is 660. The Balaban J connectivity index is 1.56. The molecule has 1 aromatic heterocycles. The van der Waals surface area contributed by atoms with Crippen molar-refractivity contribution in [3.63, 3.8) is 0 Å². The van der Waals surface area contributed by atoms with Crippen LogP contribution in [0.1, 0.15) is 46.7 Å². The van der Waals surface area contributed by atoms with Gasteiger partial charge in [-0.15, -0.1) is 0 Å². The second kappa shape index (κ2) is 5.97. The van der Waals surface area contributed by atoms with Crippen LogP contribution in [-0.2, 0) is 13.1 Å². The van der Waals surface area contributed by atoms with E-state index in [1.165, 1.54) is 6.42 Å². The lowest BCUT2D eigenvalue weighted by atomic mass is 10.1. The molecule has 1 fully saturated rings. The fourth-order valence-corrected chi connectivity index (χ4v) is 2.81. The Morgan fingerprint density at radius 1 is 1.23 bits per heavy atom. The van der Waals surface area contributed by atoms with Crippen LogP contribution in [0.5, 0.6) is 0 Å². The van der Waals surface area contributed by atoms with E-state index in [2.05, 4.69) is 31.0 Å². The Labute approximate surface area is 130 Å². The molecule has 2 N–H and O–H groups in total. The van der Waals surface area contributed by atoms with Gasteiger partial charge in [0.1, 0.15) is 11.5 Å². The van der Waals surface area contributed by atoms with Crippen LogP contribution >= 0.6 is 0 Å². The van der Waals surface area contributed by atoms with Gasteiger partial charge >= 0.3 is 0 Å². The van der Waals surface area contributed by atoms with Crippen LogP contribution in [0.2, 0.25) is 0 Å². The molecule has 0 saturated heterocycles. The molecule has 1 amide bonds. The minimum absolute atomic E-state index is 0.391. The Hall–Kier alpha value is -2.07. The molecule has 0 unspecified atom stereocenters. The molecule has 0 bridgehead atoms. The molecule has 1 aromatic carbocycles. The highest BCUT2D eigenvalue weighted by Crippen LogP contribution is 2.47. The number of hydrogen-bond donors (Lipinski definition) is 1. The van der Waals surface area contributed by atoms with Gasteiger partial charge in [-0.1, -0.05) is 19.1 Å². The van der Waals surface area contributed by atoms with Crippen LogP contribution in [0.4, 0.5) is 0 Å². The third-order valence-electron chi connectivity index (χ3n) is 4.27. The number of primary amides is 1. The Morgan fingerprint density at radius 3 is 2.50 bits per heavy atom. The SMILES string of the molecule is C[C@@H]1C[C@H]1c1ccc(CN(C)Cc2ccc(C(N)=O)cc2)o1. The normalized spacial score (nSPS) is 20.3. The summed E-state index contributed by atoms with van der Waals surface area (Å²) in [6.45, 7) is 3.84. The molecule has 0 radical (unpaired) electrons. The lowest BCUT2D eigenvalue weighted by molar-refractivity contribution is 0.100. The van der Waals surface area contributed by atoms with Gasteiger partial charge in [0.15, 0.2) is 0 Å². The quantitative estimate of drug-likeness (QED) is 0.891. The maximum absolute atomic E-state index is 11.1. The molecule has 2 atom stereocenters. The van der Waals surface area contributed by atoms with E-state index >= 15 is 0 Å². The van der Waals surface area contributed by atoms with Crippen molar-refractivity contribution in [2.45, 2.75) is 32.4 Å². The van der Waals surface area contributed by atoms with Crippen molar-refractivity contribution in [3.05, 3.63) is 59.0 Å². The summed E-state index contributed by atoms with van der Waals surface area (Å²) in [6, 6.07) is 11.6. The zero-order chi connectivity index (χ0) is 15.7. The van der Waals surface area contributed by atoms with E-state index in [-0.39, 0.29) is 0 Å². The van der Waals surface area contributed by atoms with Gasteiger partial charge in [0.05, 0.1) is 6.54 Å². The summed E-state index contributed by atoms with van der Waals surface area (Å²) in [4.78, 5) is 13.3. The molecule has 1 heterocycles. The van der Waals surface area contributed by atoms with Crippen LogP contribution in [0.15, 0.2) is 40.8 Å². The number of rotatable bonds is 6. The molecule has 4 nitrogen and oxygen atoms in total. The van der Waals surface area contributed by atoms with E-state index < -0.39 is 5.91 Å². The number of furan rings is 1. The maximum Gasteiger partial charge on any atom is 0.248 e. The van der Waals surface area contributed by atoms with Gasteiger partial charge in [-0.25, -0.2) is 0 Å². The van der Waals surface area contributed by atoms with Crippen LogP contribution in [0.3, 0.4) is 0 Å². The van der Waals surface area contributed by atoms with E-state index in [0.29, 0.717) is 11.5 Å². The third kappa shape index (κ3) is 3.39. The predicted molar refractivity (Wildman–Crippen MR) is 85.4 cm³/mol. The number of carbonyl (C=O) groups is 1. The number of nitrogens with two attached hydrogens (primary N) is 1. The summed E-state index contributed by atoms with van der Waals surface area (Å²) in [6.07, 6.45) is 1.25. The summed E-state index contributed by atoms with van der Waals surface area (Å²) >= 11 is 0. The molecule has 3 rings (SSSR count). The maximum atomic E-state index is 11.1.